The third-order valence-corrected chi connectivity index (χ3v) is 6.31. The van der Waals surface area contributed by atoms with Crippen molar-refractivity contribution in [1.29, 1.82) is 0 Å². The van der Waals surface area contributed by atoms with E-state index >= 15 is 0 Å². The van der Waals surface area contributed by atoms with Gasteiger partial charge in [-0.05, 0) is 61.1 Å². The van der Waals surface area contributed by atoms with Crippen LogP contribution in [0.3, 0.4) is 0 Å². The zero-order valence-corrected chi connectivity index (χ0v) is 22.1. The summed E-state index contributed by atoms with van der Waals surface area (Å²) in [5.41, 5.74) is 3.93. The number of aliphatic imine (C=N–C) groups is 1. The van der Waals surface area contributed by atoms with Gasteiger partial charge in [-0.3, -0.25) is 14.6 Å². The number of piperidine rings is 1. The highest BCUT2D eigenvalue weighted by Crippen LogP contribution is 2.21. The van der Waals surface area contributed by atoms with E-state index in [1.54, 1.807) is 7.05 Å². The van der Waals surface area contributed by atoms with Crippen molar-refractivity contribution in [3.05, 3.63) is 65.2 Å². The molecule has 0 atom stereocenters. The van der Waals surface area contributed by atoms with Gasteiger partial charge in [0.1, 0.15) is 0 Å². The number of guanidine groups is 1. The van der Waals surface area contributed by atoms with Gasteiger partial charge in [0.05, 0.1) is 0 Å². The highest BCUT2D eigenvalue weighted by molar-refractivity contribution is 14.0. The third kappa shape index (κ3) is 6.71. The van der Waals surface area contributed by atoms with Crippen LogP contribution in [0.5, 0.6) is 0 Å². The molecule has 2 aliphatic rings. The van der Waals surface area contributed by atoms with E-state index in [9.17, 15) is 9.59 Å². The molecule has 2 heterocycles. The Kier molecular flexibility index (Phi) is 9.74. The molecular weight excluding hydrogens is 541 g/mol. The Labute approximate surface area is 219 Å². The number of anilines is 1. The van der Waals surface area contributed by atoms with Gasteiger partial charge in [0.25, 0.3) is 5.91 Å². The molecule has 0 spiro atoms. The molecule has 2 aliphatic heterocycles. The summed E-state index contributed by atoms with van der Waals surface area (Å²) in [6.07, 6.45) is 4.99. The number of nitrogens with zero attached hydrogens (tertiary/aromatic N) is 3. The summed E-state index contributed by atoms with van der Waals surface area (Å²) in [5.74, 6) is 1.04. The third-order valence-electron chi connectivity index (χ3n) is 6.31. The molecule has 4 rings (SSSR count). The van der Waals surface area contributed by atoms with Gasteiger partial charge in [0.2, 0.25) is 5.91 Å². The number of benzene rings is 2. The van der Waals surface area contributed by atoms with Gasteiger partial charge in [-0.2, -0.15) is 0 Å². The second-order valence-electron chi connectivity index (χ2n) is 8.64. The van der Waals surface area contributed by atoms with E-state index in [0.717, 1.165) is 61.3 Å². The molecule has 8 heteroatoms. The van der Waals surface area contributed by atoms with Crippen LogP contribution in [0, 0.1) is 0 Å². The van der Waals surface area contributed by atoms with Crippen molar-refractivity contribution in [2.45, 2.75) is 45.2 Å². The monoisotopic (exact) mass is 575 g/mol. The van der Waals surface area contributed by atoms with Crippen LogP contribution in [-0.2, 0) is 17.9 Å². The fraction of sp³-hybridized carbons (Fsp3) is 0.423. The number of rotatable bonds is 6. The molecular formula is C26H34IN5O2. The highest BCUT2D eigenvalue weighted by atomic mass is 127. The molecule has 7 nitrogen and oxygen atoms in total. The molecule has 2 saturated heterocycles. The Morgan fingerprint density at radius 2 is 1.44 bits per heavy atom. The summed E-state index contributed by atoms with van der Waals surface area (Å²) < 4.78 is 0. The molecule has 0 aromatic heterocycles. The first kappa shape index (κ1) is 26.0. The smallest absolute Gasteiger partial charge is 0.253 e. The minimum Gasteiger partial charge on any atom is -0.352 e. The quantitative estimate of drug-likeness (QED) is 0.311. The minimum atomic E-state index is 0. The van der Waals surface area contributed by atoms with Crippen LogP contribution >= 0.6 is 24.0 Å². The normalized spacial score (nSPS) is 16.3. The Morgan fingerprint density at radius 3 is 1.97 bits per heavy atom. The first-order valence-corrected chi connectivity index (χ1v) is 11.9. The zero-order valence-electron chi connectivity index (χ0n) is 19.8. The van der Waals surface area contributed by atoms with Gasteiger partial charge >= 0.3 is 0 Å². The van der Waals surface area contributed by atoms with E-state index in [1.807, 2.05) is 58.3 Å². The van der Waals surface area contributed by atoms with Gasteiger partial charge in [0.15, 0.2) is 5.96 Å². The lowest BCUT2D eigenvalue weighted by molar-refractivity contribution is -0.117. The van der Waals surface area contributed by atoms with Crippen molar-refractivity contribution in [3.8, 4) is 0 Å². The number of hydrogen-bond donors (Lipinski definition) is 2. The van der Waals surface area contributed by atoms with E-state index in [1.165, 1.54) is 6.42 Å². The zero-order chi connectivity index (χ0) is 23.0. The number of likely N-dealkylation sites (tertiary alicyclic amines) is 1. The Morgan fingerprint density at radius 1 is 0.853 bits per heavy atom. The van der Waals surface area contributed by atoms with Crippen LogP contribution < -0.4 is 15.5 Å². The molecule has 0 saturated carbocycles. The molecule has 182 valence electrons. The van der Waals surface area contributed by atoms with Crippen LogP contribution in [0.15, 0.2) is 53.5 Å². The summed E-state index contributed by atoms with van der Waals surface area (Å²) in [6, 6.07) is 15.9. The van der Waals surface area contributed by atoms with Crippen LogP contribution in [0.1, 0.15) is 53.6 Å². The number of nitrogens with one attached hydrogen (secondary N) is 2. The van der Waals surface area contributed by atoms with E-state index in [2.05, 4.69) is 15.6 Å². The second-order valence-corrected chi connectivity index (χ2v) is 8.64. The Hall–Kier alpha value is -2.62. The average Bonchev–Trinajstić information content (AvgIpc) is 3.30. The topological polar surface area (TPSA) is 77.0 Å². The van der Waals surface area contributed by atoms with Crippen molar-refractivity contribution in [2.75, 3.05) is 31.6 Å². The van der Waals surface area contributed by atoms with Crippen LogP contribution in [0.25, 0.3) is 0 Å². The summed E-state index contributed by atoms with van der Waals surface area (Å²) in [7, 11) is 1.75. The lowest BCUT2D eigenvalue weighted by Gasteiger charge is -2.26. The van der Waals surface area contributed by atoms with Gasteiger partial charge in [-0.25, -0.2) is 0 Å². The molecule has 2 aromatic carbocycles. The predicted octanol–water partition coefficient (Wildman–Crippen LogP) is 3.92. The molecule has 0 radical (unpaired) electrons. The standard InChI is InChI=1S/C26H33N5O2.HI/c1-27-26(29-19-21-9-13-23(14-10-21)31-17-5-6-24(31)32)28-18-20-7-11-22(12-8-20)25(33)30-15-3-2-4-16-30;/h7-14H,2-6,15-19H2,1H3,(H2,27,28,29);1H. The summed E-state index contributed by atoms with van der Waals surface area (Å²) >= 11 is 0. The van der Waals surface area contributed by atoms with Crippen molar-refractivity contribution < 1.29 is 9.59 Å². The van der Waals surface area contributed by atoms with Gasteiger partial charge < -0.3 is 20.4 Å². The second kappa shape index (κ2) is 12.7. The lowest BCUT2D eigenvalue weighted by atomic mass is 10.1. The molecule has 2 N–H and O–H groups in total. The molecule has 2 fully saturated rings. The van der Waals surface area contributed by atoms with Gasteiger partial charge in [-0.15, -0.1) is 24.0 Å². The fourth-order valence-corrected chi connectivity index (χ4v) is 4.35. The summed E-state index contributed by atoms with van der Waals surface area (Å²) in [6.45, 7) is 3.79. The first-order valence-electron chi connectivity index (χ1n) is 11.9. The largest absolute Gasteiger partial charge is 0.352 e. The number of amides is 2. The average molecular weight is 575 g/mol. The Balaban J connectivity index is 0.00000324. The Bertz CT molecular complexity index is 985. The van der Waals surface area contributed by atoms with E-state index in [-0.39, 0.29) is 35.8 Å². The summed E-state index contributed by atoms with van der Waals surface area (Å²) in [4.78, 5) is 32.6. The van der Waals surface area contributed by atoms with Gasteiger partial charge in [-0.1, -0.05) is 24.3 Å². The maximum absolute atomic E-state index is 12.6. The predicted molar refractivity (Wildman–Crippen MR) is 147 cm³/mol. The number of carbonyl (C=O) groups excluding carboxylic acids is 2. The SMILES string of the molecule is CN=C(NCc1ccc(C(=O)N2CCCCC2)cc1)NCc1ccc(N2CCCC2=O)cc1.I. The van der Waals surface area contributed by atoms with E-state index in [4.69, 9.17) is 0 Å². The summed E-state index contributed by atoms with van der Waals surface area (Å²) in [5, 5.41) is 6.64. The number of carbonyl (C=O) groups is 2. The first-order chi connectivity index (χ1) is 16.1. The maximum Gasteiger partial charge on any atom is 0.253 e. The van der Waals surface area contributed by atoms with Crippen LogP contribution in [-0.4, -0.2) is 49.4 Å². The lowest BCUT2D eigenvalue weighted by Crippen LogP contribution is -2.36. The number of hydrogen-bond acceptors (Lipinski definition) is 3. The minimum absolute atomic E-state index is 0. The molecule has 0 bridgehead atoms. The number of halogens is 1. The van der Waals surface area contributed by atoms with Crippen molar-refractivity contribution in [3.63, 3.8) is 0 Å². The van der Waals surface area contributed by atoms with Crippen molar-refractivity contribution in [2.24, 2.45) is 4.99 Å². The highest BCUT2D eigenvalue weighted by Gasteiger charge is 2.21. The molecule has 2 aromatic rings. The van der Waals surface area contributed by atoms with Crippen molar-refractivity contribution in [1.82, 2.24) is 15.5 Å². The van der Waals surface area contributed by atoms with E-state index < -0.39 is 0 Å². The van der Waals surface area contributed by atoms with E-state index in [0.29, 0.717) is 25.5 Å². The van der Waals surface area contributed by atoms with Gasteiger partial charge in [0, 0.05) is 57.4 Å². The molecule has 0 aliphatic carbocycles. The van der Waals surface area contributed by atoms with Crippen LogP contribution in [0.4, 0.5) is 5.69 Å². The van der Waals surface area contributed by atoms with Crippen LogP contribution in [0.2, 0.25) is 0 Å². The molecule has 2 amide bonds. The maximum atomic E-state index is 12.6. The van der Waals surface area contributed by atoms with Crippen molar-refractivity contribution >= 4 is 47.4 Å². The fourth-order valence-electron chi connectivity index (χ4n) is 4.35. The molecule has 0 unspecified atom stereocenters. The molecule has 34 heavy (non-hydrogen) atoms.